The third kappa shape index (κ3) is 4.20. The molecule has 3 aromatic rings. The van der Waals surface area contributed by atoms with Gasteiger partial charge in [0.25, 0.3) is 0 Å². The fourth-order valence-electron chi connectivity index (χ4n) is 7.91. The van der Waals surface area contributed by atoms with E-state index in [9.17, 15) is 14.4 Å². The number of carbonyl (C=O) groups excluding carboxylic acids is 2. The van der Waals surface area contributed by atoms with Crippen molar-refractivity contribution in [3.8, 4) is 11.1 Å². The second-order valence-electron chi connectivity index (χ2n) is 11.5. The minimum atomic E-state index is -0.808. The highest BCUT2D eigenvalue weighted by molar-refractivity contribution is 8.00. The van der Waals surface area contributed by atoms with Gasteiger partial charge in [0.15, 0.2) is 3.95 Å². The van der Waals surface area contributed by atoms with E-state index in [1.807, 2.05) is 17.8 Å². The lowest BCUT2D eigenvalue weighted by molar-refractivity contribution is -0.141. The van der Waals surface area contributed by atoms with Gasteiger partial charge in [0.2, 0.25) is 11.8 Å². The van der Waals surface area contributed by atoms with E-state index in [1.165, 1.54) is 26.5 Å². The molecule has 1 saturated heterocycles. The number of hydrogen-bond donors (Lipinski definition) is 2. The molecule has 7 atom stereocenters. The number of carboxylic acids is 1. The fraction of sp³-hybridized carbons (Fsp3) is 0.419. The van der Waals surface area contributed by atoms with E-state index in [0.29, 0.717) is 25.8 Å². The summed E-state index contributed by atoms with van der Waals surface area (Å²) in [6.45, 7) is 0.400. The summed E-state index contributed by atoms with van der Waals surface area (Å²) in [7, 11) is 0. The molecule has 0 spiro atoms. The molecule has 2 bridgehead atoms. The highest BCUT2D eigenvalue weighted by Crippen LogP contribution is 2.68. The first-order chi connectivity index (χ1) is 19.4. The smallest absolute Gasteiger partial charge is 0.303 e. The van der Waals surface area contributed by atoms with Crippen LogP contribution in [-0.4, -0.2) is 44.6 Å². The summed E-state index contributed by atoms with van der Waals surface area (Å²) in [6, 6.07) is 19.2. The molecule has 4 aliphatic rings. The van der Waals surface area contributed by atoms with Gasteiger partial charge in [0.1, 0.15) is 0 Å². The Balaban J connectivity index is 1.18. The fourth-order valence-corrected chi connectivity index (χ4v) is 11.2. The van der Waals surface area contributed by atoms with Crippen molar-refractivity contribution in [1.82, 2.24) is 9.88 Å². The number of aliphatic carboxylic acids is 1. The average molecular weight is 591 g/mol. The number of likely N-dealkylation sites (tertiary alicyclic amines) is 1. The number of H-pyrrole nitrogens is 1. The van der Waals surface area contributed by atoms with Crippen LogP contribution in [-0.2, 0) is 14.4 Å². The first-order valence-electron chi connectivity index (χ1n) is 14.0. The Hall–Kier alpha value is -2.75. The highest BCUT2D eigenvalue weighted by atomic mass is 32.2. The van der Waals surface area contributed by atoms with Crippen LogP contribution in [0.15, 0.2) is 59.6 Å². The Bertz CT molecular complexity index is 1530. The maximum atomic E-state index is 13.7. The number of amides is 2. The Morgan fingerprint density at radius 3 is 2.38 bits per heavy atom. The number of unbranched alkanes of at least 4 members (excludes halogenated alkanes) is 2. The first-order valence-corrected chi connectivity index (χ1v) is 16.1. The van der Waals surface area contributed by atoms with Gasteiger partial charge in [-0.2, -0.15) is 0 Å². The molecule has 3 fully saturated rings. The zero-order chi connectivity index (χ0) is 27.5. The van der Waals surface area contributed by atoms with E-state index in [4.69, 9.17) is 17.3 Å². The summed E-state index contributed by atoms with van der Waals surface area (Å²) in [5, 5.41) is 10.3. The van der Waals surface area contributed by atoms with Gasteiger partial charge in [-0.05, 0) is 65.9 Å². The van der Waals surface area contributed by atoms with Crippen LogP contribution >= 0.6 is 35.3 Å². The summed E-state index contributed by atoms with van der Waals surface area (Å²) < 4.78 is 0.775. The maximum absolute atomic E-state index is 13.7. The van der Waals surface area contributed by atoms with Crippen LogP contribution in [0.3, 0.4) is 0 Å². The van der Waals surface area contributed by atoms with E-state index in [2.05, 4.69) is 53.5 Å². The minimum Gasteiger partial charge on any atom is -0.481 e. The third-order valence-electron chi connectivity index (χ3n) is 9.46. The molecule has 40 heavy (non-hydrogen) atoms. The lowest BCUT2D eigenvalue weighted by Gasteiger charge is -2.43. The molecule has 1 aromatic heterocycles. The zero-order valence-corrected chi connectivity index (χ0v) is 24.3. The zero-order valence-electron chi connectivity index (χ0n) is 21.8. The number of aromatic amines is 1. The SMILES string of the molecule is O=C(O)CCCCCN1C(=O)C2C3CC(C2C1=O)C1C(c2ccc(-c4ccccc4)cc2)c2sc(=S)[nH]c2SC31. The predicted octanol–water partition coefficient (Wildman–Crippen LogP) is 6.59. The van der Waals surface area contributed by atoms with Gasteiger partial charge in [-0.15, -0.1) is 23.1 Å². The van der Waals surface area contributed by atoms with E-state index in [1.54, 1.807) is 11.3 Å². The molecular formula is C31H30N2O4S3. The Morgan fingerprint density at radius 2 is 1.65 bits per heavy atom. The van der Waals surface area contributed by atoms with E-state index in [0.717, 1.165) is 15.4 Å². The third-order valence-corrected chi connectivity index (χ3v) is 12.4. The monoisotopic (exact) mass is 590 g/mol. The van der Waals surface area contributed by atoms with E-state index < -0.39 is 5.97 Å². The van der Waals surface area contributed by atoms with Gasteiger partial charge in [0, 0.05) is 29.0 Å². The molecule has 206 valence electrons. The molecule has 2 amide bonds. The van der Waals surface area contributed by atoms with Gasteiger partial charge < -0.3 is 10.1 Å². The van der Waals surface area contributed by atoms with E-state index in [-0.39, 0.29) is 59.0 Å². The molecule has 9 heteroatoms. The molecule has 7 unspecified atom stereocenters. The number of thiazole rings is 1. The van der Waals surface area contributed by atoms with Crippen molar-refractivity contribution < 1.29 is 19.5 Å². The van der Waals surface area contributed by atoms with Crippen molar-refractivity contribution in [2.75, 3.05) is 6.54 Å². The number of hydrogen-bond acceptors (Lipinski definition) is 6. The normalized spacial score (nSPS) is 29.9. The van der Waals surface area contributed by atoms with Crippen LogP contribution in [0.1, 0.15) is 48.5 Å². The molecule has 3 heterocycles. The first kappa shape index (κ1) is 26.2. The molecule has 2 N–H and O–H groups in total. The molecule has 2 aliphatic heterocycles. The summed E-state index contributed by atoms with van der Waals surface area (Å²) in [4.78, 5) is 44.3. The number of nitrogens with one attached hydrogen (secondary N) is 1. The van der Waals surface area contributed by atoms with E-state index >= 15 is 0 Å². The number of benzene rings is 2. The second kappa shape index (κ2) is 10.3. The number of rotatable bonds is 8. The number of carboxylic acid groups (broad SMARTS) is 1. The summed E-state index contributed by atoms with van der Waals surface area (Å²) >= 11 is 9.07. The molecule has 2 saturated carbocycles. The lowest BCUT2D eigenvalue weighted by Crippen LogP contribution is -2.42. The van der Waals surface area contributed by atoms with Crippen LogP contribution in [0, 0.1) is 33.5 Å². The maximum Gasteiger partial charge on any atom is 0.303 e. The van der Waals surface area contributed by atoms with Gasteiger partial charge in [0.05, 0.1) is 16.9 Å². The molecule has 7 rings (SSSR count). The van der Waals surface area contributed by atoms with Crippen LogP contribution < -0.4 is 0 Å². The van der Waals surface area contributed by atoms with Crippen molar-refractivity contribution >= 4 is 53.1 Å². The number of imide groups is 1. The Labute approximate surface area is 246 Å². The van der Waals surface area contributed by atoms with Crippen LogP contribution in [0.25, 0.3) is 11.1 Å². The van der Waals surface area contributed by atoms with Crippen molar-refractivity contribution in [3.63, 3.8) is 0 Å². The van der Waals surface area contributed by atoms with Gasteiger partial charge >= 0.3 is 5.97 Å². The van der Waals surface area contributed by atoms with Crippen molar-refractivity contribution in [3.05, 3.63) is 69.0 Å². The molecule has 0 radical (unpaired) electrons. The molecular weight excluding hydrogens is 561 g/mol. The summed E-state index contributed by atoms with van der Waals surface area (Å²) in [6.07, 6.45) is 2.98. The standard InChI is InChI=1S/C31H30N2O4S3/c34-21(35)9-5-2-6-14-33-29(36)24-19-15-20(25(24)30(33)37)26-23(19)22(27-28(39-26)32-31(38)40-27)18-12-10-17(11-13-18)16-7-3-1-4-8-16/h1,3-4,7-8,10-13,19-20,22-26H,2,5-6,9,14-15H2,(H,32,38)(H,34,35). The van der Waals surface area contributed by atoms with Gasteiger partial charge in [-0.25, -0.2) is 0 Å². The lowest BCUT2D eigenvalue weighted by atomic mass is 9.68. The largest absolute Gasteiger partial charge is 0.481 e. The van der Waals surface area contributed by atoms with Crippen LogP contribution in [0.5, 0.6) is 0 Å². The number of nitrogens with zero attached hydrogens (tertiary/aromatic N) is 1. The average Bonchev–Trinajstić information content (AvgIpc) is 3.69. The van der Waals surface area contributed by atoms with Gasteiger partial charge in [-0.3, -0.25) is 19.3 Å². The molecule has 2 aromatic carbocycles. The number of carbonyl (C=O) groups is 3. The summed E-state index contributed by atoms with van der Waals surface area (Å²) in [5.41, 5.74) is 3.61. The predicted molar refractivity (Wildman–Crippen MR) is 158 cm³/mol. The van der Waals surface area contributed by atoms with Crippen molar-refractivity contribution in [2.45, 2.75) is 48.3 Å². The van der Waals surface area contributed by atoms with Crippen molar-refractivity contribution in [1.29, 1.82) is 0 Å². The number of thioether (sulfide) groups is 1. The quantitative estimate of drug-likeness (QED) is 0.175. The molecule has 2 aliphatic carbocycles. The topological polar surface area (TPSA) is 90.5 Å². The molecule has 6 nitrogen and oxygen atoms in total. The number of fused-ring (bicyclic) bond motifs is 9. The second-order valence-corrected chi connectivity index (χ2v) is 14.4. The highest BCUT2D eigenvalue weighted by Gasteiger charge is 2.69. The minimum absolute atomic E-state index is 0.00476. The van der Waals surface area contributed by atoms with Crippen LogP contribution in [0.2, 0.25) is 0 Å². The summed E-state index contributed by atoms with van der Waals surface area (Å²) in [5.74, 6) is -0.510. The van der Waals surface area contributed by atoms with Gasteiger partial charge in [-0.1, -0.05) is 61.0 Å². The van der Waals surface area contributed by atoms with Crippen molar-refractivity contribution in [2.24, 2.45) is 29.6 Å². The Kier molecular flexibility index (Phi) is 6.71. The Morgan fingerprint density at radius 1 is 0.950 bits per heavy atom. The van der Waals surface area contributed by atoms with Crippen LogP contribution in [0.4, 0.5) is 0 Å². The number of aromatic nitrogens is 1.